The Hall–Kier alpha value is -2.60. The van der Waals surface area contributed by atoms with Gasteiger partial charge in [-0.05, 0) is 102 Å². The Labute approximate surface area is 266 Å². The molecule has 244 valence electrons. The van der Waals surface area contributed by atoms with Crippen LogP contribution < -0.4 is 16.1 Å². The van der Waals surface area contributed by atoms with Crippen LogP contribution in [0.25, 0.3) is 0 Å². The third-order valence-electron chi connectivity index (χ3n) is 9.04. The third-order valence-corrected chi connectivity index (χ3v) is 13.6. The molecule has 0 radical (unpaired) electrons. The van der Waals surface area contributed by atoms with E-state index in [1.165, 1.54) is 0 Å². The summed E-state index contributed by atoms with van der Waals surface area (Å²) in [5, 5.41) is 6.33. The van der Waals surface area contributed by atoms with Crippen LogP contribution in [0.2, 0.25) is 18.1 Å². The number of anilines is 1. The number of dihydropyridines is 1. The van der Waals surface area contributed by atoms with Crippen LogP contribution in [0.5, 0.6) is 0 Å². The van der Waals surface area contributed by atoms with Crippen molar-refractivity contribution in [2.75, 3.05) is 31.6 Å². The molecule has 0 bridgehead atoms. The number of rotatable bonds is 9. The highest BCUT2D eigenvalue weighted by atomic mass is 28.4. The molecule has 2 N–H and O–H groups in total. The van der Waals surface area contributed by atoms with Gasteiger partial charge in [-0.2, -0.15) is 0 Å². The minimum Gasteiger partial charge on any atom is -0.444 e. The van der Waals surface area contributed by atoms with Gasteiger partial charge >= 0.3 is 13.2 Å². The van der Waals surface area contributed by atoms with E-state index in [0.717, 1.165) is 16.6 Å². The van der Waals surface area contributed by atoms with Crippen LogP contribution in [0.1, 0.15) is 74.8 Å². The Kier molecular flexibility index (Phi) is 10.6. The lowest BCUT2D eigenvalue weighted by Gasteiger charge is -2.37. The molecule has 11 heteroatoms. The van der Waals surface area contributed by atoms with Crippen molar-refractivity contribution in [2.24, 2.45) is 0 Å². The molecule has 1 saturated heterocycles. The molecule has 1 fully saturated rings. The topological polar surface area (TPSA) is 98.4 Å². The molecular weight excluding hydrogens is 573 g/mol. The molecule has 2 amide bonds. The van der Waals surface area contributed by atoms with Crippen LogP contribution in [-0.4, -0.2) is 75.4 Å². The van der Waals surface area contributed by atoms with Gasteiger partial charge in [-0.3, -0.25) is 4.79 Å². The quantitative estimate of drug-likeness (QED) is 0.329. The predicted molar refractivity (Wildman–Crippen MR) is 181 cm³/mol. The molecular formula is C33H54BN3O6Si. The van der Waals surface area contributed by atoms with Gasteiger partial charge in [-0.25, -0.2) is 4.79 Å². The smallest absolute Gasteiger partial charge is 0.444 e. The molecule has 0 aromatic heterocycles. The van der Waals surface area contributed by atoms with E-state index in [9.17, 15) is 9.59 Å². The molecule has 0 unspecified atom stereocenters. The summed E-state index contributed by atoms with van der Waals surface area (Å²) >= 11 is 0. The molecule has 2 aliphatic heterocycles. The number of nitrogens with one attached hydrogen (secondary N) is 2. The molecule has 0 atom stereocenters. The van der Waals surface area contributed by atoms with E-state index in [2.05, 4.69) is 44.5 Å². The fourth-order valence-corrected chi connectivity index (χ4v) is 5.46. The zero-order chi connectivity index (χ0) is 33.3. The summed E-state index contributed by atoms with van der Waals surface area (Å²) in [5.74, 6) is -0.249. The fourth-order valence-electron chi connectivity index (χ4n) is 4.43. The van der Waals surface area contributed by atoms with Gasteiger partial charge in [0.25, 0.3) is 5.91 Å². The van der Waals surface area contributed by atoms with Gasteiger partial charge in [0.15, 0.2) is 8.32 Å². The van der Waals surface area contributed by atoms with Crippen molar-refractivity contribution in [2.45, 2.75) is 111 Å². The molecule has 9 nitrogen and oxygen atoms in total. The van der Waals surface area contributed by atoms with Gasteiger partial charge in [0, 0.05) is 25.3 Å². The first kappa shape index (κ1) is 35.9. The normalized spacial score (nSPS) is 18.2. The zero-order valence-corrected chi connectivity index (χ0v) is 30.2. The highest BCUT2D eigenvalue weighted by Crippen LogP contribution is 2.37. The van der Waals surface area contributed by atoms with Crippen molar-refractivity contribution >= 4 is 38.6 Å². The Morgan fingerprint density at radius 3 is 2.18 bits per heavy atom. The van der Waals surface area contributed by atoms with E-state index in [1.807, 2.05) is 79.7 Å². The van der Waals surface area contributed by atoms with Crippen molar-refractivity contribution in [3.8, 4) is 0 Å². The second-order valence-corrected chi connectivity index (χ2v) is 20.1. The Bertz CT molecular complexity index is 1280. The number of hydrogen-bond acceptors (Lipinski definition) is 7. The molecule has 2 aliphatic rings. The van der Waals surface area contributed by atoms with Crippen molar-refractivity contribution in [1.29, 1.82) is 0 Å². The van der Waals surface area contributed by atoms with Crippen LogP contribution in [0.4, 0.5) is 10.5 Å². The first-order chi connectivity index (χ1) is 20.0. The minimum atomic E-state index is -1.96. The lowest BCUT2D eigenvalue weighted by molar-refractivity contribution is -0.113. The lowest BCUT2D eigenvalue weighted by Crippen LogP contribution is -2.45. The van der Waals surface area contributed by atoms with Gasteiger partial charge in [0.2, 0.25) is 0 Å². The maximum Gasteiger partial charge on any atom is 0.495 e. The number of allylic oxidation sites excluding steroid dienone is 2. The molecule has 0 saturated carbocycles. The number of carbonyl (C=O) groups is 2. The second kappa shape index (κ2) is 13.0. The van der Waals surface area contributed by atoms with Crippen LogP contribution in [0, 0.1) is 6.92 Å². The van der Waals surface area contributed by atoms with Crippen molar-refractivity contribution < 1.29 is 28.1 Å². The molecule has 1 aromatic carbocycles. The maximum absolute atomic E-state index is 13.2. The summed E-state index contributed by atoms with van der Waals surface area (Å²) < 4.78 is 24.5. The van der Waals surface area contributed by atoms with Crippen LogP contribution in [-0.2, 0) is 23.3 Å². The Balaban J connectivity index is 1.69. The number of hydrogen-bond donors (Lipinski definition) is 2. The van der Waals surface area contributed by atoms with Gasteiger partial charge < -0.3 is 34.0 Å². The fraction of sp³-hybridized carbons (Fsp3) is 0.636. The zero-order valence-electron chi connectivity index (χ0n) is 29.2. The Morgan fingerprint density at radius 1 is 1.05 bits per heavy atom. The predicted octanol–water partition coefficient (Wildman–Crippen LogP) is 5.91. The van der Waals surface area contributed by atoms with Crippen molar-refractivity contribution in [3.63, 3.8) is 0 Å². The van der Waals surface area contributed by atoms with E-state index in [0.29, 0.717) is 37.6 Å². The van der Waals surface area contributed by atoms with E-state index in [1.54, 1.807) is 11.0 Å². The van der Waals surface area contributed by atoms with Crippen molar-refractivity contribution in [3.05, 3.63) is 47.2 Å². The van der Waals surface area contributed by atoms with Crippen LogP contribution in [0.3, 0.4) is 0 Å². The van der Waals surface area contributed by atoms with Gasteiger partial charge in [-0.1, -0.05) is 39.0 Å². The molecule has 0 aliphatic carbocycles. The SMILES string of the molecule is Cc1c(NC(=O)C2=CC=C(CN(CCO[Si](C)(C)C(C)(C)C)C(=O)OC(C)(C)C)CN2)cccc1B1OC(C)(C)C(C)(C)O1. The summed E-state index contributed by atoms with van der Waals surface area (Å²) in [7, 11) is -2.48. The first-order valence-electron chi connectivity index (χ1n) is 15.5. The van der Waals surface area contributed by atoms with E-state index in [-0.39, 0.29) is 17.0 Å². The molecule has 0 spiro atoms. The van der Waals surface area contributed by atoms with Gasteiger partial charge in [0.05, 0.1) is 17.8 Å². The summed E-state index contributed by atoms with van der Waals surface area (Å²) in [6.45, 7) is 28.2. The Morgan fingerprint density at radius 2 is 1.66 bits per heavy atom. The monoisotopic (exact) mass is 627 g/mol. The number of carbonyl (C=O) groups excluding carboxylic acids is 2. The van der Waals surface area contributed by atoms with Crippen molar-refractivity contribution in [1.82, 2.24) is 10.2 Å². The van der Waals surface area contributed by atoms with Crippen LogP contribution >= 0.6 is 0 Å². The van der Waals surface area contributed by atoms with Gasteiger partial charge in [-0.15, -0.1) is 0 Å². The molecule has 3 rings (SSSR count). The lowest BCUT2D eigenvalue weighted by atomic mass is 9.76. The second-order valence-electron chi connectivity index (χ2n) is 15.3. The van der Waals surface area contributed by atoms with Gasteiger partial charge in [0.1, 0.15) is 11.3 Å². The van der Waals surface area contributed by atoms with E-state index in [4.69, 9.17) is 18.5 Å². The number of benzene rings is 1. The maximum atomic E-state index is 13.2. The number of ether oxygens (including phenoxy) is 1. The number of nitrogens with zero attached hydrogens (tertiary/aromatic N) is 1. The summed E-state index contributed by atoms with van der Waals surface area (Å²) in [6.07, 6.45) is 3.26. The summed E-state index contributed by atoms with van der Waals surface area (Å²) in [4.78, 5) is 28.0. The molecule has 2 heterocycles. The summed E-state index contributed by atoms with van der Waals surface area (Å²) in [5.41, 5.74) is 2.34. The number of amides is 2. The van der Waals surface area contributed by atoms with Crippen LogP contribution in [0.15, 0.2) is 41.6 Å². The average molecular weight is 628 g/mol. The highest BCUT2D eigenvalue weighted by Gasteiger charge is 2.52. The summed E-state index contributed by atoms with van der Waals surface area (Å²) in [6, 6.07) is 5.73. The average Bonchev–Trinajstić information content (AvgIpc) is 3.09. The minimum absolute atomic E-state index is 0.0765. The highest BCUT2D eigenvalue weighted by molar-refractivity contribution is 6.74. The molecule has 44 heavy (non-hydrogen) atoms. The van der Waals surface area contributed by atoms with E-state index < -0.39 is 32.2 Å². The first-order valence-corrected chi connectivity index (χ1v) is 18.5. The largest absolute Gasteiger partial charge is 0.495 e. The third kappa shape index (κ3) is 8.77. The van der Waals surface area contributed by atoms with E-state index >= 15 is 0 Å². The standard InChI is InChI=1S/C33H54BN3O6Si/c1-23-25(34-42-32(8,9)33(10,11)43-34)15-14-16-26(23)36-28(38)27-18-17-24(21-35-27)22-37(29(39)41-30(2,3)4)19-20-40-44(12,13)31(5,6)7/h14-18,35H,19-22H2,1-13H3,(H,36,38). The molecule has 1 aromatic rings.